The summed E-state index contributed by atoms with van der Waals surface area (Å²) in [6, 6.07) is 13.9. The Balaban J connectivity index is 1.51. The summed E-state index contributed by atoms with van der Waals surface area (Å²) in [6.45, 7) is 9.50. The highest BCUT2D eigenvalue weighted by molar-refractivity contribution is 6.33. The predicted octanol–water partition coefficient (Wildman–Crippen LogP) is 4.97. The molecule has 1 fully saturated rings. The topological polar surface area (TPSA) is 75.5 Å². The van der Waals surface area contributed by atoms with Crippen molar-refractivity contribution in [2.75, 3.05) is 43.4 Å². The van der Waals surface area contributed by atoms with Crippen LogP contribution in [0.1, 0.15) is 20.8 Å². The van der Waals surface area contributed by atoms with Crippen LogP contribution in [-0.2, 0) is 0 Å². The van der Waals surface area contributed by atoms with E-state index in [-0.39, 0.29) is 21.8 Å². The van der Waals surface area contributed by atoms with Crippen molar-refractivity contribution in [3.8, 4) is 11.1 Å². The van der Waals surface area contributed by atoms with Gasteiger partial charge in [0.25, 0.3) is 5.56 Å². The molecule has 2 aromatic carbocycles. The van der Waals surface area contributed by atoms with Crippen molar-refractivity contribution in [2.45, 2.75) is 26.4 Å². The molecule has 2 aromatic heterocycles. The molecule has 198 valence electrons. The number of piperazine rings is 1. The Hall–Kier alpha value is -3.69. The summed E-state index contributed by atoms with van der Waals surface area (Å²) in [7, 11) is 2.13. The Morgan fingerprint density at radius 1 is 1.05 bits per heavy atom. The lowest BCUT2D eigenvalue weighted by molar-refractivity contribution is -0.0140. The van der Waals surface area contributed by atoms with E-state index in [9.17, 15) is 9.18 Å². The number of rotatable bonds is 5. The van der Waals surface area contributed by atoms with Gasteiger partial charge in [0.2, 0.25) is 5.95 Å². The summed E-state index contributed by atoms with van der Waals surface area (Å²) < 4.78 is 15.8. The Morgan fingerprint density at radius 3 is 2.42 bits per heavy atom. The van der Waals surface area contributed by atoms with Crippen LogP contribution in [0.3, 0.4) is 0 Å². The van der Waals surface area contributed by atoms with Gasteiger partial charge in [-0.15, -0.1) is 4.73 Å². The molecule has 10 heteroatoms. The molecule has 0 aliphatic carbocycles. The summed E-state index contributed by atoms with van der Waals surface area (Å²) >= 11 is 6.28. The van der Waals surface area contributed by atoms with Gasteiger partial charge in [-0.1, -0.05) is 17.7 Å². The average Bonchev–Trinajstić information content (AvgIpc) is 2.87. The zero-order chi connectivity index (χ0) is 27.0. The highest BCUT2D eigenvalue weighted by Crippen LogP contribution is 2.30. The normalized spacial score (nSPS) is 14.6. The molecule has 0 atom stereocenters. The number of anilines is 3. The first kappa shape index (κ1) is 25.9. The van der Waals surface area contributed by atoms with Gasteiger partial charge in [0, 0.05) is 54.7 Å². The molecule has 1 aliphatic heterocycles. The van der Waals surface area contributed by atoms with Crippen molar-refractivity contribution in [2.24, 2.45) is 0 Å². The summed E-state index contributed by atoms with van der Waals surface area (Å²) in [5, 5.41) is 3.83. The maximum atomic E-state index is 14.7. The fourth-order valence-electron chi connectivity index (χ4n) is 4.37. The predicted molar refractivity (Wildman–Crippen MR) is 150 cm³/mol. The van der Waals surface area contributed by atoms with E-state index in [2.05, 4.69) is 44.3 Å². The third kappa shape index (κ3) is 5.44. The molecule has 0 amide bonds. The smallest absolute Gasteiger partial charge is 0.293 e. The van der Waals surface area contributed by atoms with Crippen LogP contribution in [0.2, 0.25) is 5.02 Å². The quantitative estimate of drug-likeness (QED) is 0.386. The molecule has 0 radical (unpaired) electrons. The number of benzene rings is 2. The first-order valence-electron chi connectivity index (χ1n) is 12.5. The second-order valence-corrected chi connectivity index (χ2v) is 10.8. The number of likely N-dealkylation sites (N-methyl/N-ethyl adjacent to an activating group) is 1. The van der Waals surface area contributed by atoms with Crippen LogP contribution in [0.5, 0.6) is 0 Å². The van der Waals surface area contributed by atoms with Crippen molar-refractivity contribution in [3.05, 3.63) is 75.9 Å². The van der Waals surface area contributed by atoms with E-state index in [1.165, 1.54) is 18.2 Å². The van der Waals surface area contributed by atoms with E-state index in [0.717, 1.165) is 42.3 Å². The van der Waals surface area contributed by atoms with Gasteiger partial charge in [-0.2, -0.15) is 4.98 Å². The fourth-order valence-corrected chi connectivity index (χ4v) is 4.64. The van der Waals surface area contributed by atoms with Gasteiger partial charge >= 0.3 is 0 Å². The summed E-state index contributed by atoms with van der Waals surface area (Å²) in [5.41, 5.74) is 1.00. The molecule has 1 N–H and O–H groups in total. The molecule has 38 heavy (non-hydrogen) atoms. The Morgan fingerprint density at radius 2 is 1.76 bits per heavy atom. The molecule has 0 unspecified atom stereocenters. The highest BCUT2D eigenvalue weighted by atomic mass is 35.5. The molecule has 4 aromatic rings. The van der Waals surface area contributed by atoms with Gasteiger partial charge in [0.1, 0.15) is 11.4 Å². The van der Waals surface area contributed by atoms with Gasteiger partial charge in [0.15, 0.2) is 5.65 Å². The van der Waals surface area contributed by atoms with Crippen molar-refractivity contribution >= 4 is 40.0 Å². The van der Waals surface area contributed by atoms with Crippen LogP contribution in [0.15, 0.2) is 59.5 Å². The molecule has 0 bridgehead atoms. The lowest BCUT2D eigenvalue weighted by Gasteiger charge is -2.34. The van der Waals surface area contributed by atoms with Crippen LogP contribution in [0, 0.1) is 5.82 Å². The van der Waals surface area contributed by atoms with Crippen molar-refractivity contribution in [1.82, 2.24) is 19.6 Å². The van der Waals surface area contributed by atoms with Crippen molar-refractivity contribution in [3.63, 3.8) is 0 Å². The molecule has 0 saturated carbocycles. The summed E-state index contributed by atoms with van der Waals surface area (Å²) in [5.74, 6) is -0.303. The van der Waals surface area contributed by atoms with Gasteiger partial charge in [-0.25, -0.2) is 9.37 Å². The zero-order valence-corrected chi connectivity index (χ0v) is 22.6. The van der Waals surface area contributed by atoms with Crippen LogP contribution in [0.4, 0.5) is 21.7 Å². The van der Waals surface area contributed by atoms with Crippen LogP contribution in [0.25, 0.3) is 22.2 Å². The minimum Gasteiger partial charge on any atom is -0.403 e. The van der Waals surface area contributed by atoms with Crippen molar-refractivity contribution in [1.29, 1.82) is 0 Å². The number of fused-ring (bicyclic) bond motifs is 1. The molecule has 8 nitrogen and oxygen atoms in total. The SMILES string of the molecule is CN1CCN(c2ccc(Nc3ncc4cc(-c5c(F)cccc5Cl)c(=O)n(OC(C)(C)C)c4n3)cc2)CC1. The number of pyridine rings is 1. The second-order valence-electron chi connectivity index (χ2n) is 10.4. The van der Waals surface area contributed by atoms with E-state index in [1.54, 1.807) is 12.3 Å². The lowest BCUT2D eigenvalue weighted by Crippen LogP contribution is -2.44. The van der Waals surface area contributed by atoms with Gasteiger partial charge < -0.3 is 20.0 Å². The summed E-state index contributed by atoms with van der Waals surface area (Å²) in [4.78, 5) is 33.3. The highest BCUT2D eigenvalue weighted by Gasteiger charge is 2.22. The Labute approximate surface area is 225 Å². The van der Waals surface area contributed by atoms with Crippen molar-refractivity contribution < 1.29 is 9.23 Å². The maximum Gasteiger partial charge on any atom is 0.293 e. The molecule has 0 spiro atoms. The molecule has 1 saturated heterocycles. The zero-order valence-electron chi connectivity index (χ0n) is 21.8. The van der Waals surface area contributed by atoms with Crippen LogP contribution < -0.4 is 20.6 Å². The molecular weight excluding hydrogens is 507 g/mol. The van der Waals surface area contributed by atoms with Gasteiger partial charge in [-0.05, 0) is 70.3 Å². The average molecular weight is 537 g/mol. The van der Waals surface area contributed by atoms with Gasteiger partial charge in [0.05, 0.1) is 10.6 Å². The van der Waals surface area contributed by atoms with Crippen LogP contribution >= 0.6 is 11.6 Å². The largest absolute Gasteiger partial charge is 0.403 e. The third-order valence-corrected chi connectivity index (χ3v) is 6.61. The number of aromatic nitrogens is 3. The number of hydrogen-bond acceptors (Lipinski definition) is 7. The Bertz CT molecular complexity index is 1510. The number of nitrogens with one attached hydrogen (secondary N) is 1. The minimum absolute atomic E-state index is 0.00923. The van der Waals surface area contributed by atoms with E-state index in [1.807, 2.05) is 32.9 Å². The van der Waals surface area contributed by atoms with Crippen LogP contribution in [-0.4, -0.2) is 58.4 Å². The van der Waals surface area contributed by atoms with E-state index < -0.39 is 17.0 Å². The fraction of sp³-hybridized carbons (Fsp3) is 0.321. The Kier molecular flexibility index (Phi) is 6.98. The van der Waals surface area contributed by atoms with E-state index in [4.69, 9.17) is 16.4 Å². The second kappa shape index (κ2) is 10.2. The first-order valence-corrected chi connectivity index (χ1v) is 12.8. The van der Waals surface area contributed by atoms with E-state index in [0.29, 0.717) is 11.3 Å². The van der Waals surface area contributed by atoms with E-state index >= 15 is 0 Å². The summed E-state index contributed by atoms with van der Waals surface area (Å²) in [6.07, 6.45) is 1.57. The van der Waals surface area contributed by atoms with Gasteiger partial charge in [-0.3, -0.25) is 4.79 Å². The molecule has 5 rings (SSSR count). The molecular formula is C28H30ClFN6O2. The minimum atomic E-state index is -0.730. The standard InChI is InChI=1S/C28H30ClFN6O2/c1-28(2,3)38-36-25-18(16-21(26(36)37)24-22(29)6-5-7-23(24)30)17-31-27(33-25)32-19-8-10-20(11-9-19)35-14-12-34(4)13-15-35/h5-11,16-17H,12-15H2,1-4H3,(H,31,32,33). The number of halogens is 2. The lowest BCUT2D eigenvalue weighted by atomic mass is 10.1. The maximum absolute atomic E-state index is 14.7. The monoisotopic (exact) mass is 536 g/mol. The molecule has 1 aliphatic rings. The number of nitrogens with zero attached hydrogens (tertiary/aromatic N) is 5. The third-order valence-electron chi connectivity index (χ3n) is 6.29. The number of hydrogen-bond donors (Lipinski definition) is 1. The molecule has 3 heterocycles. The first-order chi connectivity index (χ1) is 18.1.